The van der Waals surface area contributed by atoms with E-state index in [0.29, 0.717) is 18.1 Å². The summed E-state index contributed by atoms with van der Waals surface area (Å²) in [7, 11) is 0. The quantitative estimate of drug-likeness (QED) is 0.267. The molecule has 2 aromatic carbocycles. The zero-order chi connectivity index (χ0) is 25.8. The van der Waals surface area contributed by atoms with Crippen molar-refractivity contribution in [1.29, 1.82) is 0 Å². The van der Waals surface area contributed by atoms with Gasteiger partial charge in [0, 0.05) is 40.6 Å². The number of hydrogen-bond donors (Lipinski definition) is 0. The van der Waals surface area contributed by atoms with Crippen molar-refractivity contribution in [2.75, 3.05) is 32.8 Å². The molecule has 5 rings (SSSR count). The fourth-order valence-electron chi connectivity index (χ4n) is 5.77. The molecule has 2 aliphatic rings. The third-order valence-electron chi connectivity index (χ3n) is 8.07. The predicted octanol–water partition coefficient (Wildman–Crippen LogP) is 6.14. The fraction of sp³-hybridized carbons (Fsp3) is 0.433. The fourth-order valence-corrected chi connectivity index (χ4v) is 6.03. The number of piperidine rings is 2. The summed E-state index contributed by atoms with van der Waals surface area (Å²) in [6, 6.07) is 18.2. The van der Waals surface area contributed by atoms with Crippen molar-refractivity contribution in [2.45, 2.75) is 45.1 Å². The van der Waals surface area contributed by atoms with Crippen molar-refractivity contribution < 1.29 is 9.63 Å². The molecule has 1 aromatic heterocycles. The number of para-hydroxylation sites is 1. The average molecular weight is 564 g/mol. The smallest absolute Gasteiger partial charge is 0.256 e. The number of carbonyl (C=O) groups is 1. The molecule has 3 aromatic rings. The van der Waals surface area contributed by atoms with E-state index in [9.17, 15) is 4.79 Å². The molecule has 1 amide bonds. The van der Waals surface area contributed by atoms with E-state index in [2.05, 4.69) is 62.2 Å². The number of hydrogen-bond acceptors (Lipinski definition) is 5. The van der Waals surface area contributed by atoms with Gasteiger partial charge in [0.1, 0.15) is 6.61 Å². The maximum atomic E-state index is 13.4. The van der Waals surface area contributed by atoms with Crippen molar-refractivity contribution in [2.24, 2.45) is 11.1 Å². The highest BCUT2D eigenvalue weighted by Crippen LogP contribution is 2.34. The van der Waals surface area contributed by atoms with Crippen LogP contribution in [0.2, 0.25) is 0 Å². The Morgan fingerprint density at radius 1 is 1.05 bits per heavy atom. The lowest BCUT2D eigenvalue weighted by atomic mass is 9.82. The van der Waals surface area contributed by atoms with E-state index in [1.807, 2.05) is 42.2 Å². The second-order valence-corrected chi connectivity index (χ2v) is 11.2. The minimum absolute atomic E-state index is 0.0938. The van der Waals surface area contributed by atoms with E-state index in [0.717, 1.165) is 78.5 Å². The Bertz CT molecular complexity index is 1250. The van der Waals surface area contributed by atoms with Gasteiger partial charge in [0.25, 0.3) is 5.91 Å². The Morgan fingerprint density at radius 2 is 1.76 bits per heavy atom. The molecule has 2 saturated heterocycles. The molecule has 6 nitrogen and oxygen atoms in total. The minimum atomic E-state index is 0.0938. The summed E-state index contributed by atoms with van der Waals surface area (Å²) in [6.07, 6.45) is 5.84. The van der Waals surface area contributed by atoms with E-state index in [1.165, 1.54) is 0 Å². The lowest BCUT2D eigenvalue weighted by molar-refractivity contribution is 0.0162. The number of fused-ring (bicyclic) bond motifs is 1. The van der Waals surface area contributed by atoms with Gasteiger partial charge in [-0.1, -0.05) is 51.4 Å². The largest absolute Gasteiger partial charge is 0.396 e. The SMILES string of the molecule is CCO/N=C(/c1ccc(Br)cc1)C1CCN(C2(C)CCN(C(=O)c3cccc4cccnc34)CC2)CC1. The first kappa shape index (κ1) is 25.9. The van der Waals surface area contributed by atoms with Crippen molar-refractivity contribution in [1.82, 2.24) is 14.8 Å². The van der Waals surface area contributed by atoms with E-state index >= 15 is 0 Å². The summed E-state index contributed by atoms with van der Waals surface area (Å²) in [5.41, 5.74) is 3.80. The number of amides is 1. The molecule has 2 fully saturated rings. The maximum Gasteiger partial charge on any atom is 0.256 e. The summed E-state index contributed by atoms with van der Waals surface area (Å²) < 4.78 is 1.07. The molecule has 0 saturated carbocycles. The normalized spacial score (nSPS) is 19.2. The molecular formula is C30H35BrN4O2. The first-order valence-corrected chi connectivity index (χ1v) is 14.1. The molecule has 0 spiro atoms. The van der Waals surface area contributed by atoms with Crippen LogP contribution >= 0.6 is 15.9 Å². The van der Waals surface area contributed by atoms with E-state index in [4.69, 9.17) is 4.84 Å². The van der Waals surface area contributed by atoms with Gasteiger partial charge < -0.3 is 9.74 Å². The van der Waals surface area contributed by atoms with Gasteiger partial charge in [-0.3, -0.25) is 14.7 Å². The molecule has 194 valence electrons. The molecule has 0 aliphatic carbocycles. The number of carbonyl (C=O) groups excluding carboxylic acids is 1. The van der Waals surface area contributed by atoms with Gasteiger partial charge in [-0.25, -0.2) is 0 Å². The van der Waals surface area contributed by atoms with Crippen LogP contribution in [0.15, 0.2) is 70.4 Å². The molecule has 7 heteroatoms. The van der Waals surface area contributed by atoms with Crippen LogP contribution in [-0.4, -0.2) is 64.7 Å². The molecule has 0 N–H and O–H groups in total. The second-order valence-electron chi connectivity index (χ2n) is 10.3. The molecule has 0 bridgehead atoms. The molecule has 0 atom stereocenters. The summed E-state index contributed by atoms with van der Waals surface area (Å²) in [5, 5.41) is 5.54. The zero-order valence-electron chi connectivity index (χ0n) is 21.7. The zero-order valence-corrected chi connectivity index (χ0v) is 23.3. The van der Waals surface area contributed by atoms with Crippen LogP contribution in [0.3, 0.4) is 0 Å². The van der Waals surface area contributed by atoms with Crippen molar-refractivity contribution in [3.8, 4) is 0 Å². The second kappa shape index (κ2) is 11.3. The highest BCUT2D eigenvalue weighted by molar-refractivity contribution is 9.10. The third-order valence-corrected chi connectivity index (χ3v) is 8.60. The van der Waals surface area contributed by atoms with Gasteiger partial charge in [-0.05, 0) is 82.4 Å². The van der Waals surface area contributed by atoms with Gasteiger partial charge in [0.2, 0.25) is 0 Å². The van der Waals surface area contributed by atoms with Crippen LogP contribution in [0.5, 0.6) is 0 Å². The molecule has 37 heavy (non-hydrogen) atoms. The maximum absolute atomic E-state index is 13.4. The number of rotatable bonds is 6. The number of benzene rings is 2. The number of pyridine rings is 1. The Morgan fingerprint density at radius 3 is 2.46 bits per heavy atom. The Kier molecular flexibility index (Phi) is 7.91. The van der Waals surface area contributed by atoms with E-state index < -0.39 is 0 Å². The monoisotopic (exact) mass is 562 g/mol. The number of halogens is 1. The average Bonchev–Trinajstić information content (AvgIpc) is 2.94. The summed E-state index contributed by atoms with van der Waals surface area (Å²) >= 11 is 3.53. The van der Waals surface area contributed by atoms with Crippen LogP contribution in [0.1, 0.15) is 55.5 Å². The summed E-state index contributed by atoms with van der Waals surface area (Å²) in [5.74, 6) is 0.476. The van der Waals surface area contributed by atoms with Gasteiger partial charge >= 0.3 is 0 Å². The van der Waals surface area contributed by atoms with Crippen LogP contribution in [-0.2, 0) is 4.84 Å². The number of likely N-dealkylation sites (tertiary alicyclic amines) is 2. The van der Waals surface area contributed by atoms with Crippen LogP contribution < -0.4 is 0 Å². The molecule has 0 radical (unpaired) electrons. The minimum Gasteiger partial charge on any atom is -0.396 e. The van der Waals surface area contributed by atoms with Crippen LogP contribution in [0.4, 0.5) is 0 Å². The Labute approximate surface area is 227 Å². The van der Waals surface area contributed by atoms with Gasteiger partial charge in [-0.2, -0.15) is 0 Å². The first-order valence-electron chi connectivity index (χ1n) is 13.3. The van der Waals surface area contributed by atoms with Gasteiger partial charge in [-0.15, -0.1) is 0 Å². The Balaban J connectivity index is 1.21. The van der Waals surface area contributed by atoms with Crippen molar-refractivity contribution >= 4 is 38.5 Å². The van der Waals surface area contributed by atoms with Gasteiger partial charge in [0.15, 0.2) is 0 Å². The standard InChI is InChI=1S/C30H35BrN4O2/c1-3-37-33-27(23-9-11-25(31)12-10-23)24-13-18-35(19-14-24)30(2)15-20-34(21-16-30)29(36)26-8-4-6-22-7-5-17-32-28(22)26/h4-12,17,24H,3,13-16,18-21H2,1-2H3/b33-27-. The van der Waals surface area contributed by atoms with Gasteiger partial charge in [0.05, 0.1) is 16.8 Å². The van der Waals surface area contributed by atoms with Crippen molar-refractivity contribution in [3.05, 3.63) is 76.4 Å². The number of aromatic nitrogens is 1. The van der Waals surface area contributed by atoms with Crippen LogP contribution in [0, 0.1) is 5.92 Å². The molecular weight excluding hydrogens is 528 g/mol. The molecule has 2 aliphatic heterocycles. The summed E-state index contributed by atoms with van der Waals surface area (Å²) in [4.78, 5) is 28.1. The van der Waals surface area contributed by atoms with E-state index in [-0.39, 0.29) is 11.4 Å². The topological polar surface area (TPSA) is 58.0 Å². The molecule has 3 heterocycles. The molecule has 0 unspecified atom stereocenters. The first-order chi connectivity index (χ1) is 18.0. The number of nitrogens with zero attached hydrogens (tertiary/aromatic N) is 4. The Hall–Kier alpha value is -2.77. The van der Waals surface area contributed by atoms with Crippen LogP contribution in [0.25, 0.3) is 10.9 Å². The lowest BCUT2D eigenvalue weighted by Gasteiger charge is -2.49. The lowest BCUT2D eigenvalue weighted by Crippen LogP contribution is -2.56. The van der Waals surface area contributed by atoms with Crippen molar-refractivity contribution in [3.63, 3.8) is 0 Å². The predicted molar refractivity (Wildman–Crippen MR) is 152 cm³/mol. The third kappa shape index (κ3) is 5.58. The highest BCUT2D eigenvalue weighted by atomic mass is 79.9. The summed E-state index contributed by atoms with van der Waals surface area (Å²) in [6.45, 7) is 8.52. The van der Waals surface area contributed by atoms with E-state index in [1.54, 1.807) is 6.20 Å². The highest BCUT2D eigenvalue weighted by Gasteiger charge is 2.39. The number of oxime groups is 1.